The van der Waals surface area contributed by atoms with E-state index >= 15 is 0 Å². The van der Waals surface area contributed by atoms with Crippen molar-refractivity contribution in [3.8, 4) is 0 Å². The molecule has 2 N–H and O–H groups in total. The van der Waals surface area contributed by atoms with Crippen LogP contribution in [0.3, 0.4) is 0 Å². The summed E-state index contributed by atoms with van der Waals surface area (Å²) in [6.45, 7) is 0. The maximum absolute atomic E-state index is 12.4. The first-order valence-corrected chi connectivity index (χ1v) is 7.77. The van der Waals surface area contributed by atoms with Gasteiger partial charge >= 0.3 is 0 Å². The highest BCUT2D eigenvalue weighted by Crippen LogP contribution is 2.17. The molecule has 0 aliphatic carbocycles. The maximum atomic E-state index is 12.4. The number of hydrogen-bond acceptors (Lipinski definition) is 3. The average Bonchev–Trinajstić information content (AvgIpc) is 3.03. The van der Waals surface area contributed by atoms with Crippen molar-refractivity contribution in [1.29, 1.82) is 0 Å². The van der Waals surface area contributed by atoms with Crippen LogP contribution in [-0.4, -0.2) is 22.8 Å². The standard InChI is InChI=1S/C18H19N3O2/c22-17-10-9-15(20-17)18(23)21-16(14-8-4-5-11-19-14)12-13-6-2-1-3-7-13/h1-8,11,15-16H,9-10,12H2,(H,20,22)(H,21,23)/t15-,16?/m1/s1. The van der Waals surface area contributed by atoms with E-state index < -0.39 is 6.04 Å². The van der Waals surface area contributed by atoms with Crippen molar-refractivity contribution < 1.29 is 9.59 Å². The summed E-state index contributed by atoms with van der Waals surface area (Å²) >= 11 is 0. The minimum Gasteiger partial charge on any atom is -0.346 e. The van der Waals surface area contributed by atoms with Gasteiger partial charge in [0.2, 0.25) is 11.8 Å². The quantitative estimate of drug-likeness (QED) is 0.884. The van der Waals surface area contributed by atoms with Gasteiger partial charge in [0.05, 0.1) is 11.7 Å². The molecular formula is C18H19N3O2. The Bertz CT molecular complexity index is 673. The Morgan fingerprint density at radius 2 is 2.00 bits per heavy atom. The Hall–Kier alpha value is -2.69. The topological polar surface area (TPSA) is 71.1 Å². The SMILES string of the molecule is O=C1CC[C@H](C(=O)NC(Cc2ccccc2)c2ccccn2)N1. The minimum absolute atomic E-state index is 0.0670. The fraction of sp³-hybridized carbons (Fsp3) is 0.278. The van der Waals surface area contributed by atoms with Crippen LogP contribution in [0.5, 0.6) is 0 Å². The molecule has 1 aromatic carbocycles. The number of pyridine rings is 1. The smallest absolute Gasteiger partial charge is 0.243 e. The molecule has 3 rings (SSSR count). The summed E-state index contributed by atoms with van der Waals surface area (Å²) in [4.78, 5) is 28.1. The highest BCUT2D eigenvalue weighted by atomic mass is 16.2. The van der Waals surface area contributed by atoms with Crippen LogP contribution < -0.4 is 10.6 Å². The zero-order valence-corrected chi connectivity index (χ0v) is 12.7. The Morgan fingerprint density at radius 1 is 1.22 bits per heavy atom. The number of rotatable bonds is 5. The third-order valence-electron chi connectivity index (χ3n) is 3.96. The molecule has 1 aliphatic rings. The van der Waals surface area contributed by atoms with E-state index in [-0.39, 0.29) is 17.9 Å². The van der Waals surface area contributed by atoms with Crippen LogP contribution in [-0.2, 0) is 16.0 Å². The molecule has 2 atom stereocenters. The fourth-order valence-corrected chi connectivity index (χ4v) is 2.74. The molecule has 1 saturated heterocycles. The van der Waals surface area contributed by atoms with Gasteiger partial charge in [-0.1, -0.05) is 36.4 Å². The van der Waals surface area contributed by atoms with E-state index in [9.17, 15) is 9.59 Å². The molecule has 2 amide bonds. The van der Waals surface area contributed by atoms with E-state index in [1.54, 1.807) is 6.20 Å². The molecule has 23 heavy (non-hydrogen) atoms. The van der Waals surface area contributed by atoms with E-state index in [1.807, 2.05) is 48.5 Å². The van der Waals surface area contributed by atoms with Gasteiger partial charge in [0.1, 0.15) is 6.04 Å². The van der Waals surface area contributed by atoms with Gasteiger partial charge in [-0.3, -0.25) is 14.6 Å². The number of carbonyl (C=O) groups is 2. The van der Waals surface area contributed by atoms with Gasteiger partial charge in [-0.15, -0.1) is 0 Å². The molecule has 0 bridgehead atoms. The number of carbonyl (C=O) groups excluding carboxylic acids is 2. The predicted octanol–water partition coefficient (Wildman–Crippen LogP) is 1.76. The number of nitrogens with one attached hydrogen (secondary N) is 2. The molecule has 0 spiro atoms. The van der Waals surface area contributed by atoms with Crippen molar-refractivity contribution in [3.63, 3.8) is 0 Å². The zero-order chi connectivity index (χ0) is 16.1. The highest BCUT2D eigenvalue weighted by Gasteiger charge is 2.29. The van der Waals surface area contributed by atoms with Gasteiger partial charge < -0.3 is 10.6 Å². The summed E-state index contributed by atoms with van der Waals surface area (Å²) in [7, 11) is 0. The van der Waals surface area contributed by atoms with Crippen molar-refractivity contribution in [2.75, 3.05) is 0 Å². The lowest BCUT2D eigenvalue weighted by Gasteiger charge is -2.20. The number of amides is 2. The minimum atomic E-state index is -0.440. The summed E-state index contributed by atoms with van der Waals surface area (Å²) in [6, 6.07) is 15.0. The molecule has 1 aromatic heterocycles. The van der Waals surface area contributed by atoms with Gasteiger partial charge in [-0.25, -0.2) is 0 Å². The lowest BCUT2D eigenvalue weighted by molar-refractivity contribution is -0.126. The number of nitrogens with zero attached hydrogens (tertiary/aromatic N) is 1. The van der Waals surface area contributed by atoms with Crippen LogP contribution in [0.1, 0.15) is 30.1 Å². The highest BCUT2D eigenvalue weighted by molar-refractivity contribution is 5.90. The second kappa shape index (κ2) is 7.05. The maximum Gasteiger partial charge on any atom is 0.243 e. The lowest BCUT2D eigenvalue weighted by atomic mass is 10.0. The number of aromatic nitrogens is 1. The van der Waals surface area contributed by atoms with E-state index in [0.29, 0.717) is 19.3 Å². The monoisotopic (exact) mass is 309 g/mol. The molecule has 5 heteroatoms. The zero-order valence-electron chi connectivity index (χ0n) is 12.7. The van der Waals surface area contributed by atoms with Crippen LogP contribution >= 0.6 is 0 Å². The summed E-state index contributed by atoms with van der Waals surface area (Å²) < 4.78 is 0. The first kappa shape index (κ1) is 15.2. The van der Waals surface area contributed by atoms with Crippen LogP contribution in [0.15, 0.2) is 54.7 Å². The Morgan fingerprint density at radius 3 is 2.65 bits per heavy atom. The molecule has 1 unspecified atom stereocenters. The normalized spacial score (nSPS) is 18.3. The molecule has 1 aliphatic heterocycles. The lowest BCUT2D eigenvalue weighted by Crippen LogP contribution is -2.43. The van der Waals surface area contributed by atoms with Crippen molar-refractivity contribution in [2.24, 2.45) is 0 Å². The second-order valence-corrected chi connectivity index (χ2v) is 5.66. The summed E-state index contributed by atoms with van der Waals surface area (Å²) in [5.74, 6) is -0.218. The number of benzene rings is 1. The molecule has 2 heterocycles. The first-order chi connectivity index (χ1) is 11.2. The Labute approximate surface area is 135 Å². The molecule has 0 saturated carbocycles. The third-order valence-corrected chi connectivity index (χ3v) is 3.96. The van der Waals surface area contributed by atoms with Gasteiger partial charge in [-0.2, -0.15) is 0 Å². The summed E-state index contributed by atoms with van der Waals surface area (Å²) in [6.07, 6.45) is 3.33. The first-order valence-electron chi connectivity index (χ1n) is 7.77. The molecule has 5 nitrogen and oxygen atoms in total. The molecule has 0 radical (unpaired) electrons. The molecule has 1 fully saturated rings. The van der Waals surface area contributed by atoms with Crippen molar-refractivity contribution in [2.45, 2.75) is 31.3 Å². The van der Waals surface area contributed by atoms with Crippen LogP contribution in [0.25, 0.3) is 0 Å². The largest absolute Gasteiger partial charge is 0.346 e. The third kappa shape index (κ3) is 3.94. The van der Waals surface area contributed by atoms with Gasteiger partial charge in [0, 0.05) is 12.6 Å². The van der Waals surface area contributed by atoms with Crippen molar-refractivity contribution >= 4 is 11.8 Å². The van der Waals surface area contributed by atoms with E-state index in [0.717, 1.165) is 11.3 Å². The Kier molecular flexibility index (Phi) is 4.66. The van der Waals surface area contributed by atoms with Crippen LogP contribution in [0.2, 0.25) is 0 Å². The summed E-state index contributed by atoms with van der Waals surface area (Å²) in [5.41, 5.74) is 1.94. The predicted molar refractivity (Wildman–Crippen MR) is 86.4 cm³/mol. The van der Waals surface area contributed by atoms with Crippen molar-refractivity contribution in [1.82, 2.24) is 15.6 Å². The molecular weight excluding hydrogens is 290 g/mol. The second-order valence-electron chi connectivity index (χ2n) is 5.66. The van der Waals surface area contributed by atoms with Gasteiger partial charge in [0.15, 0.2) is 0 Å². The van der Waals surface area contributed by atoms with Crippen LogP contribution in [0.4, 0.5) is 0 Å². The van der Waals surface area contributed by atoms with Gasteiger partial charge in [-0.05, 0) is 30.5 Å². The molecule has 2 aromatic rings. The van der Waals surface area contributed by atoms with Crippen molar-refractivity contribution in [3.05, 3.63) is 66.0 Å². The number of hydrogen-bond donors (Lipinski definition) is 2. The Balaban J connectivity index is 1.75. The summed E-state index contributed by atoms with van der Waals surface area (Å²) in [5, 5.41) is 5.73. The average molecular weight is 309 g/mol. The van der Waals surface area contributed by atoms with Gasteiger partial charge in [0.25, 0.3) is 0 Å². The van der Waals surface area contributed by atoms with Crippen LogP contribution in [0, 0.1) is 0 Å². The van der Waals surface area contributed by atoms with E-state index in [2.05, 4.69) is 15.6 Å². The molecule has 118 valence electrons. The fourth-order valence-electron chi connectivity index (χ4n) is 2.74. The van der Waals surface area contributed by atoms with E-state index in [4.69, 9.17) is 0 Å². The van der Waals surface area contributed by atoms with E-state index in [1.165, 1.54) is 0 Å².